The standard InChI is InChI=1S/C16H26N4O/c1-12-11-19(3)9-6-10-20(12)13(2)16(21)18-15-8-5-4-7-14(15)17/h4-5,7-8,12-13H,6,9-11,17H2,1-3H3,(H,18,21). The van der Waals surface area contributed by atoms with Crippen LogP contribution < -0.4 is 11.1 Å². The van der Waals surface area contributed by atoms with E-state index in [9.17, 15) is 4.79 Å². The highest BCUT2D eigenvalue weighted by atomic mass is 16.2. The number of nitrogen functional groups attached to an aromatic ring is 1. The van der Waals surface area contributed by atoms with Gasteiger partial charge in [0.15, 0.2) is 0 Å². The van der Waals surface area contributed by atoms with Crippen LogP contribution in [0.2, 0.25) is 0 Å². The number of carbonyl (C=O) groups excluding carboxylic acids is 1. The largest absolute Gasteiger partial charge is 0.397 e. The van der Waals surface area contributed by atoms with Crippen LogP contribution >= 0.6 is 0 Å². The summed E-state index contributed by atoms with van der Waals surface area (Å²) in [5, 5.41) is 2.94. The number of nitrogens with two attached hydrogens (primary N) is 1. The Morgan fingerprint density at radius 1 is 1.38 bits per heavy atom. The van der Waals surface area contributed by atoms with E-state index in [2.05, 4.69) is 29.1 Å². The van der Waals surface area contributed by atoms with Crippen molar-refractivity contribution >= 4 is 17.3 Å². The van der Waals surface area contributed by atoms with E-state index in [1.54, 1.807) is 6.07 Å². The smallest absolute Gasteiger partial charge is 0.241 e. The van der Waals surface area contributed by atoms with Crippen LogP contribution in [0, 0.1) is 0 Å². The van der Waals surface area contributed by atoms with Crippen LogP contribution in [-0.4, -0.2) is 54.5 Å². The average Bonchev–Trinajstić information content (AvgIpc) is 2.61. The zero-order chi connectivity index (χ0) is 15.4. The van der Waals surface area contributed by atoms with Crippen LogP contribution in [-0.2, 0) is 4.79 Å². The molecule has 1 saturated heterocycles. The molecular formula is C16H26N4O. The second kappa shape index (κ2) is 6.91. The molecule has 116 valence electrons. The van der Waals surface area contributed by atoms with Gasteiger partial charge in [-0.1, -0.05) is 12.1 Å². The van der Waals surface area contributed by atoms with Gasteiger partial charge in [-0.2, -0.15) is 0 Å². The minimum atomic E-state index is -0.161. The first-order valence-corrected chi connectivity index (χ1v) is 7.58. The lowest BCUT2D eigenvalue weighted by Crippen LogP contribution is -2.48. The Morgan fingerprint density at radius 3 is 2.81 bits per heavy atom. The number of anilines is 2. The average molecular weight is 290 g/mol. The number of rotatable bonds is 3. The molecule has 0 bridgehead atoms. The molecule has 5 nitrogen and oxygen atoms in total. The number of hydrogen-bond acceptors (Lipinski definition) is 4. The molecule has 2 unspecified atom stereocenters. The highest BCUT2D eigenvalue weighted by molar-refractivity contribution is 5.97. The van der Waals surface area contributed by atoms with Gasteiger partial charge in [0, 0.05) is 19.1 Å². The van der Waals surface area contributed by atoms with E-state index in [4.69, 9.17) is 5.73 Å². The Morgan fingerprint density at radius 2 is 2.10 bits per heavy atom. The van der Waals surface area contributed by atoms with Crippen molar-refractivity contribution in [2.75, 3.05) is 37.7 Å². The van der Waals surface area contributed by atoms with Crippen molar-refractivity contribution in [3.05, 3.63) is 24.3 Å². The van der Waals surface area contributed by atoms with Crippen molar-refractivity contribution in [1.82, 2.24) is 9.80 Å². The molecule has 1 aliphatic heterocycles. The number of nitrogens with one attached hydrogen (secondary N) is 1. The molecule has 5 heteroatoms. The summed E-state index contributed by atoms with van der Waals surface area (Å²) in [6.07, 6.45) is 1.09. The van der Waals surface area contributed by atoms with Crippen LogP contribution in [0.4, 0.5) is 11.4 Å². The lowest BCUT2D eigenvalue weighted by molar-refractivity contribution is -0.121. The number of amides is 1. The molecular weight excluding hydrogens is 264 g/mol. The first-order chi connectivity index (χ1) is 9.99. The number of hydrogen-bond donors (Lipinski definition) is 2. The third-order valence-electron chi connectivity index (χ3n) is 4.19. The molecule has 0 saturated carbocycles. The summed E-state index contributed by atoms with van der Waals surface area (Å²) < 4.78 is 0. The van der Waals surface area contributed by atoms with Gasteiger partial charge in [0.2, 0.25) is 5.91 Å². The lowest BCUT2D eigenvalue weighted by atomic mass is 10.1. The van der Waals surface area contributed by atoms with Gasteiger partial charge in [-0.25, -0.2) is 0 Å². The molecule has 2 atom stereocenters. The van der Waals surface area contributed by atoms with Gasteiger partial charge >= 0.3 is 0 Å². The molecule has 1 amide bonds. The topological polar surface area (TPSA) is 61.6 Å². The third-order valence-corrected chi connectivity index (χ3v) is 4.19. The molecule has 0 aromatic heterocycles. The van der Waals surface area contributed by atoms with Gasteiger partial charge in [-0.3, -0.25) is 9.69 Å². The molecule has 0 spiro atoms. The first-order valence-electron chi connectivity index (χ1n) is 7.58. The van der Waals surface area contributed by atoms with Gasteiger partial charge in [-0.05, 0) is 46.0 Å². The Balaban J connectivity index is 2.03. The fourth-order valence-corrected chi connectivity index (χ4v) is 2.96. The fourth-order valence-electron chi connectivity index (χ4n) is 2.96. The van der Waals surface area contributed by atoms with Gasteiger partial charge in [-0.15, -0.1) is 0 Å². The number of para-hydroxylation sites is 2. The molecule has 1 aromatic carbocycles. The predicted octanol–water partition coefficient (Wildman–Crippen LogP) is 1.62. The van der Waals surface area contributed by atoms with Crippen molar-refractivity contribution < 1.29 is 4.79 Å². The highest BCUT2D eigenvalue weighted by Crippen LogP contribution is 2.19. The molecule has 1 fully saturated rings. The molecule has 0 aliphatic carbocycles. The normalized spacial score (nSPS) is 22.5. The maximum atomic E-state index is 12.5. The van der Waals surface area contributed by atoms with Crippen molar-refractivity contribution in [1.29, 1.82) is 0 Å². The van der Waals surface area contributed by atoms with E-state index in [0.717, 1.165) is 26.1 Å². The minimum absolute atomic E-state index is 0.00398. The van der Waals surface area contributed by atoms with Crippen LogP contribution in [0.15, 0.2) is 24.3 Å². The van der Waals surface area contributed by atoms with Crippen molar-refractivity contribution in [2.45, 2.75) is 32.4 Å². The number of benzene rings is 1. The van der Waals surface area contributed by atoms with Crippen molar-refractivity contribution in [3.8, 4) is 0 Å². The monoisotopic (exact) mass is 290 g/mol. The predicted molar refractivity (Wildman–Crippen MR) is 87.2 cm³/mol. The Hall–Kier alpha value is -1.59. The van der Waals surface area contributed by atoms with Crippen LogP contribution in [0.1, 0.15) is 20.3 Å². The molecule has 1 aromatic rings. The van der Waals surface area contributed by atoms with Gasteiger partial charge in [0.25, 0.3) is 0 Å². The number of likely N-dealkylation sites (N-methyl/N-ethyl adjacent to an activating group) is 1. The zero-order valence-corrected chi connectivity index (χ0v) is 13.2. The van der Waals surface area contributed by atoms with Crippen molar-refractivity contribution in [3.63, 3.8) is 0 Å². The fraction of sp³-hybridized carbons (Fsp3) is 0.562. The van der Waals surface area contributed by atoms with Gasteiger partial charge in [0.05, 0.1) is 17.4 Å². The van der Waals surface area contributed by atoms with E-state index in [1.807, 2.05) is 25.1 Å². The number of carbonyl (C=O) groups is 1. The summed E-state index contributed by atoms with van der Waals surface area (Å²) in [5.74, 6) is 0.00398. The quantitative estimate of drug-likeness (QED) is 0.831. The third kappa shape index (κ3) is 3.95. The Labute approximate surface area is 127 Å². The van der Waals surface area contributed by atoms with Crippen LogP contribution in [0.3, 0.4) is 0 Å². The molecule has 0 radical (unpaired) electrons. The lowest BCUT2D eigenvalue weighted by Gasteiger charge is -2.32. The Bertz CT molecular complexity index is 491. The van der Waals surface area contributed by atoms with E-state index < -0.39 is 0 Å². The highest BCUT2D eigenvalue weighted by Gasteiger charge is 2.28. The molecule has 1 aliphatic rings. The summed E-state index contributed by atoms with van der Waals surface area (Å²) in [6, 6.07) is 7.57. The maximum absolute atomic E-state index is 12.5. The zero-order valence-electron chi connectivity index (χ0n) is 13.2. The van der Waals surface area contributed by atoms with E-state index in [1.165, 1.54) is 0 Å². The van der Waals surface area contributed by atoms with Gasteiger partial charge in [0.1, 0.15) is 0 Å². The summed E-state index contributed by atoms with van der Waals surface area (Å²) in [6.45, 7) is 7.18. The SMILES string of the molecule is CC1CN(C)CCCN1C(C)C(=O)Nc1ccccc1N. The van der Waals surface area contributed by atoms with E-state index >= 15 is 0 Å². The Kier molecular flexibility index (Phi) is 5.20. The summed E-state index contributed by atoms with van der Waals surface area (Å²) >= 11 is 0. The maximum Gasteiger partial charge on any atom is 0.241 e. The van der Waals surface area contributed by atoms with Crippen molar-refractivity contribution in [2.24, 2.45) is 0 Å². The van der Waals surface area contributed by atoms with Crippen LogP contribution in [0.25, 0.3) is 0 Å². The number of nitrogens with zero attached hydrogens (tertiary/aromatic N) is 2. The summed E-state index contributed by atoms with van der Waals surface area (Å²) in [7, 11) is 2.13. The van der Waals surface area contributed by atoms with E-state index in [-0.39, 0.29) is 11.9 Å². The second-order valence-corrected chi connectivity index (χ2v) is 5.96. The molecule has 3 N–H and O–H groups in total. The van der Waals surface area contributed by atoms with Gasteiger partial charge < -0.3 is 16.0 Å². The minimum Gasteiger partial charge on any atom is -0.397 e. The van der Waals surface area contributed by atoms with Crippen LogP contribution in [0.5, 0.6) is 0 Å². The molecule has 21 heavy (non-hydrogen) atoms. The molecule has 2 rings (SSSR count). The summed E-state index contributed by atoms with van der Waals surface area (Å²) in [4.78, 5) is 17.1. The summed E-state index contributed by atoms with van der Waals surface area (Å²) in [5.41, 5.74) is 7.17. The second-order valence-electron chi connectivity index (χ2n) is 5.96. The molecule has 1 heterocycles. The van der Waals surface area contributed by atoms with E-state index in [0.29, 0.717) is 17.4 Å². The first kappa shape index (κ1) is 15.8.